The number of amides is 1. The van der Waals surface area contributed by atoms with Crippen LogP contribution in [0, 0.1) is 0 Å². The van der Waals surface area contributed by atoms with Crippen molar-refractivity contribution in [1.82, 2.24) is 20.4 Å². The number of carbonyl (C=O) groups excluding carboxylic acids is 1. The first kappa shape index (κ1) is 24.4. The Morgan fingerprint density at radius 2 is 2.00 bits per heavy atom. The van der Waals surface area contributed by atoms with Crippen LogP contribution in [0.15, 0.2) is 29.3 Å². The molecule has 7 heteroatoms. The molecule has 2 N–H and O–H groups in total. The number of nitrogens with one attached hydrogen (secondary N) is 2. The van der Waals surface area contributed by atoms with Crippen LogP contribution in [0.5, 0.6) is 0 Å². The molecule has 178 valence electrons. The van der Waals surface area contributed by atoms with E-state index in [0.717, 1.165) is 64.5 Å². The van der Waals surface area contributed by atoms with Crippen molar-refractivity contribution in [1.29, 1.82) is 0 Å². The highest BCUT2D eigenvalue weighted by molar-refractivity contribution is 5.81. The third-order valence-corrected chi connectivity index (χ3v) is 6.50. The van der Waals surface area contributed by atoms with Gasteiger partial charge in [-0.15, -0.1) is 0 Å². The van der Waals surface area contributed by atoms with Gasteiger partial charge in [-0.3, -0.25) is 14.7 Å². The molecule has 3 rings (SSSR count). The van der Waals surface area contributed by atoms with E-state index in [0.29, 0.717) is 0 Å². The Morgan fingerprint density at radius 1 is 1.22 bits per heavy atom. The Kier molecular flexibility index (Phi) is 9.21. The third-order valence-electron chi connectivity index (χ3n) is 6.50. The summed E-state index contributed by atoms with van der Waals surface area (Å²) in [5.74, 6) is 1.08. The Hall–Kier alpha value is -2.28. The van der Waals surface area contributed by atoms with Gasteiger partial charge in [0.25, 0.3) is 0 Å². The minimum atomic E-state index is 0.0447. The molecule has 2 heterocycles. The Morgan fingerprint density at radius 3 is 2.72 bits per heavy atom. The van der Waals surface area contributed by atoms with Gasteiger partial charge < -0.3 is 20.4 Å². The fraction of sp³-hybridized carbons (Fsp3) is 0.680. The zero-order chi connectivity index (χ0) is 22.9. The maximum atomic E-state index is 12.4. The summed E-state index contributed by atoms with van der Waals surface area (Å²) in [6.07, 6.45) is 5.60. The van der Waals surface area contributed by atoms with E-state index < -0.39 is 0 Å². The number of likely N-dealkylation sites (tertiary alicyclic amines) is 1. The lowest BCUT2D eigenvalue weighted by Crippen LogP contribution is -2.43. The van der Waals surface area contributed by atoms with Crippen LogP contribution in [-0.4, -0.2) is 81.1 Å². The molecular formula is C25H42N6O. The quantitative estimate of drug-likeness (QED) is 0.350. The van der Waals surface area contributed by atoms with Crippen molar-refractivity contribution in [2.45, 2.75) is 58.0 Å². The molecule has 0 saturated carbocycles. The first-order valence-corrected chi connectivity index (χ1v) is 12.3. The summed E-state index contributed by atoms with van der Waals surface area (Å²) >= 11 is 0. The van der Waals surface area contributed by atoms with Gasteiger partial charge >= 0.3 is 0 Å². The molecule has 0 spiro atoms. The summed E-state index contributed by atoms with van der Waals surface area (Å²) in [6, 6.07) is 9.09. The minimum Gasteiger partial charge on any atom is -0.372 e. The van der Waals surface area contributed by atoms with Gasteiger partial charge in [-0.25, -0.2) is 0 Å². The van der Waals surface area contributed by atoms with E-state index in [4.69, 9.17) is 4.99 Å². The zero-order valence-corrected chi connectivity index (χ0v) is 20.4. The van der Waals surface area contributed by atoms with Crippen molar-refractivity contribution >= 4 is 17.6 Å². The van der Waals surface area contributed by atoms with Crippen molar-refractivity contribution in [2.24, 2.45) is 4.99 Å². The maximum Gasteiger partial charge on any atom is 0.239 e. The van der Waals surface area contributed by atoms with E-state index in [2.05, 4.69) is 58.5 Å². The first-order valence-electron chi connectivity index (χ1n) is 12.3. The largest absolute Gasteiger partial charge is 0.372 e. The Labute approximate surface area is 194 Å². The van der Waals surface area contributed by atoms with Gasteiger partial charge in [-0.2, -0.15) is 0 Å². The lowest BCUT2D eigenvalue weighted by molar-refractivity contribution is -0.133. The number of carbonyl (C=O) groups is 1. The van der Waals surface area contributed by atoms with E-state index in [1.54, 1.807) is 4.90 Å². The van der Waals surface area contributed by atoms with Crippen LogP contribution in [0.1, 0.15) is 57.6 Å². The number of benzene rings is 1. The van der Waals surface area contributed by atoms with Gasteiger partial charge in [0, 0.05) is 52.5 Å². The summed E-state index contributed by atoms with van der Waals surface area (Å²) in [5.41, 5.74) is 2.60. The van der Waals surface area contributed by atoms with Crippen molar-refractivity contribution in [2.75, 3.05) is 58.3 Å². The normalized spacial score (nSPS) is 20.4. The average Bonchev–Trinajstić information content (AvgIpc) is 3.48. The number of hydrogen-bond donors (Lipinski definition) is 2. The summed E-state index contributed by atoms with van der Waals surface area (Å²) in [6.45, 7) is 10.1. The van der Waals surface area contributed by atoms with Crippen LogP contribution in [-0.2, 0) is 4.79 Å². The number of likely N-dealkylation sites (N-methyl/N-ethyl adjacent to an activating group) is 1. The first-order chi connectivity index (χ1) is 15.5. The van der Waals surface area contributed by atoms with Gasteiger partial charge in [0.1, 0.15) is 0 Å². The standard InChI is InChI=1S/C25H42N6O/c1-5-26-25(27-14-10-18-31-17-9-13-23(31)24(32)29(3)4)28-20(2)21-11-8-12-22(19-21)30-15-6-7-16-30/h8,11-12,19-20,23H,5-7,9-10,13-18H2,1-4H3,(H2,26,27,28). The van der Waals surface area contributed by atoms with Gasteiger partial charge in [0.05, 0.1) is 12.1 Å². The molecule has 0 aliphatic carbocycles. The van der Waals surface area contributed by atoms with Crippen molar-refractivity contribution < 1.29 is 4.79 Å². The molecule has 2 aliphatic rings. The van der Waals surface area contributed by atoms with Gasteiger partial charge in [0.2, 0.25) is 5.91 Å². The van der Waals surface area contributed by atoms with Crippen LogP contribution in [0.2, 0.25) is 0 Å². The van der Waals surface area contributed by atoms with Gasteiger partial charge in [0.15, 0.2) is 5.96 Å². The van der Waals surface area contributed by atoms with E-state index in [9.17, 15) is 4.79 Å². The predicted molar refractivity (Wildman–Crippen MR) is 133 cm³/mol. The predicted octanol–water partition coefficient (Wildman–Crippen LogP) is 2.85. The second-order valence-electron chi connectivity index (χ2n) is 9.20. The molecule has 2 unspecified atom stereocenters. The lowest BCUT2D eigenvalue weighted by atomic mass is 10.1. The molecule has 2 aliphatic heterocycles. The highest BCUT2D eigenvalue weighted by Gasteiger charge is 2.30. The maximum absolute atomic E-state index is 12.4. The lowest BCUT2D eigenvalue weighted by Gasteiger charge is -2.25. The van der Waals surface area contributed by atoms with Gasteiger partial charge in [-0.1, -0.05) is 12.1 Å². The number of anilines is 1. The molecule has 0 aromatic heterocycles. The second-order valence-corrected chi connectivity index (χ2v) is 9.20. The molecule has 2 atom stereocenters. The third kappa shape index (κ3) is 6.61. The summed E-state index contributed by atoms with van der Waals surface area (Å²) in [5, 5.41) is 6.95. The summed E-state index contributed by atoms with van der Waals surface area (Å²) in [7, 11) is 3.69. The molecule has 0 radical (unpaired) electrons. The van der Waals surface area contributed by atoms with Crippen LogP contribution in [0.4, 0.5) is 5.69 Å². The van der Waals surface area contributed by atoms with Crippen molar-refractivity contribution in [3.05, 3.63) is 29.8 Å². The molecule has 7 nitrogen and oxygen atoms in total. The molecule has 1 amide bonds. The second kappa shape index (κ2) is 12.1. The number of aliphatic imine (C=N–C) groups is 1. The summed E-state index contributed by atoms with van der Waals surface area (Å²) in [4.78, 5) is 23.7. The molecule has 1 aromatic carbocycles. The van der Waals surface area contributed by atoms with E-state index in [1.165, 1.54) is 24.1 Å². The van der Waals surface area contributed by atoms with E-state index in [-0.39, 0.29) is 18.0 Å². The van der Waals surface area contributed by atoms with E-state index >= 15 is 0 Å². The van der Waals surface area contributed by atoms with E-state index in [1.807, 2.05) is 14.1 Å². The zero-order valence-electron chi connectivity index (χ0n) is 20.4. The van der Waals surface area contributed by atoms with Crippen LogP contribution in [0.3, 0.4) is 0 Å². The fourth-order valence-corrected chi connectivity index (χ4v) is 4.71. The topological polar surface area (TPSA) is 63.2 Å². The molecular weight excluding hydrogens is 400 g/mol. The number of rotatable bonds is 9. The monoisotopic (exact) mass is 442 g/mol. The highest BCUT2D eigenvalue weighted by Crippen LogP contribution is 2.24. The Balaban J connectivity index is 1.52. The summed E-state index contributed by atoms with van der Waals surface area (Å²) < 4.78 is 0. The smallest absolute Gasteiger partial charge is 0.239 e. The average molecular weight is 443 g/mol. The molecule has 1 aromatic rings. The van der Waals surface area contributed by atoms with Crippen LogP contribution >= 0.6 is 0 Å². The van der Waals surface area contributed by atoms with Gasteiger partial charge in [-0.05, 0) is 70.2 Å². The van der Waals surface area contributed by atoms with Crippen LogP contribution < -0.4 is 15.5 Å². The number of nitrogens with zero attached hydrogens (tertiary/aromatic N) is 4. The van der Waals surface area contributed by atoms with Crippen LogP contribution in [0.25, 0.3) is 0 Å². The number of guanidine groups is 1. The minimum absolute atomic E-state index is 0.0447. The molecule has 2 fully saturated rings. The molecule has 2 saturated heterocycles. The van der Waals surface area contributed by atoms with Crippen molar-refractivity contribution in [3.63, 3.8) is 0 Å². The molecule has 32 heavy (non-hydrogen) atoms. The SMILES string of the molecule is CCNC(=NCCCN1CCCC1C(=O)N(C)C)NC(C)c1cccc(N2CCCC2)c1. The van der Waals surface area contributed by atoms with Crippen molar-refractivity contribution in [3.8, 4) is 0 Å². The number of hydrogen-bond acceptors (Lipinski definition) is 4. The highest BCUT2D eigenvalue weighted by atomic mass is 16.2. The fourth-order valence-electron chi connectivity index (χ4n) is 4.71. The Bertz CT molecular complexity index is 759. The molecule has 0 bridgehead atoms.